The van der Waals surface area contributed by atoms with Crippen molar-refractivity contribution in [2.45, 2.75) is 25.6 Å². The number of fused-ring (bicyclic) bond motifs is 3. The first kappa shape index (κ1) is 18.6. The lowest BCUT2D eigenvalue weighted by Crippen LogP contribution is -2.53. The van der Waals surface area contributed by atoms with Gasteiger partial charge < -0.3 is 19.1 Å². The Morgan fingerprint density at radius 1 is 1.29 bits per heavy atom. The summed E-state index contributed by atoms with van der Waals surface area (Å²) in [7, 11) is 1.42. The lowest BCUT2D eigenvalue weighted by Gasteiger charge is -2.39. The van der Waals surface area contributed by atoms with Crippen molar-refractivity contribution < 1.29 is 27.4 Å². The molecule has 0 radical (unpaired) electrons. The second-order valence-electron chi connectivity index (χ2n) is 7.01. The van der Waals surface area contributed by atoms with Gasteiger partial charge in [-0.3, -0.25) is 4.57 Å². The van der Waals surface area contributed by atoms with Gasteiger partial charge in [0.15, 0.2) is 23.3 Å². The predicted octanol–water partition coefficient (Wildman–Crippen LogP) is 1.86. The van der Waals surface area contributed by atoms with Gasteiger partial charge in [-0.05, 0) is 24.6 Å². The average Bonchev–Trinajstić information content (AvgIpc) is 2.98. The molecule has 150 valence electrons. The number of benzene rings is 1. The minimum absolute atomic E-state index is 0.0528. The van der Waals surface area contributed by atoms with Crippen molar-refractivity contribution in [3.63, 3.8) is 0 Å². The fourth-order valence-corrected chi connectivity index (χ4v) is 3.67. The first-order valence-corrected chi connectivity index (χ1v) is 8.64. The Hall–Kier alpha value is -2.75. The number of hydrogen-bond acceptors (Lipinski definition) is 6. The van der Waals surface area contributed by atoms with Gasteiger partial charge in [0.1, 0.15) is 6.61 Å². The maximum Gasteiger partial charge on any atom is 0.352 e. The monoisotopic (exact) mass is 397 g/mol. The van der Waals surface area contributed by atoms with Crippen LogP contribution in [0, 0.1) is 17.5 Å². The number of ether oxygens (including phenoxy) is 3. The Balaban J connectivity index is 1.69. The normalized spacial score (nSPS) is 20.7. The third kappa shape index (κ3) is 2.88. The zero-order valence-electron chi connectivity index (χ0n) is 15.3. The molecule has 3 heterocycles. The highest BCUT2D eigenvalue weighted by molar-refractivity contribution is 5.62. The summed E-state index contributed by atoms with van der Waals surface area (Å²) in [4.78, 5) is 18.5. The fraction of sp³-hybridized carbons (Fsp3) is 0.444. The molecule has 0 N–H and O–H groups in total. The van der Waals surface area contributed by atoms with Gasteiger partial charge in [0.05, 0.1) is 32.4 Å². The van der Waals surface area contributed by atoms with E-state index in [-0.39, 0.29) is 23.8 Å². The van der Waals surface area contributed by atoms with Crippen LogP contribution in [0.3, 0.4) is 0 Å². The van der Waals surface area contributed by atoms with Gasteiger partial charge in [-0.15, -0.1) is 0 Å². The topological polar surface area (TPSA) is 65.8 Å². The maximum absolute atomic E-state index is 13.4. The van der Waals surface area contributed by atoms with E-state index in [2.05, 4.69) is 4.98 Å². The summed E-state index contributed by atoms with van der Waals surface area (Å²) >= 11 is 0. The lowest BCUT2D eigenvalue weighted by atomic mass is 10.0. The number of anilines is 1. The second kappa shape index (κ2) is 6.69. The summed E-state index contributed by atoms with van der Waals surface area (Å²) in [6, 6.07) is 1.65. The summed E-state index contributed by atoms with van der Waals surface area (Å²) in [6.45, 7) is 3.55. The highest BCUT2D eigenvalue weighted by Crippen LogP contribution is 2.43. The third-order valence-electron chi connectivity index (χ3n) is 4.98. The summed E-state index contributed by atoms with van der Waals surface area (Å²) in [5, 5.41) is 0. The van der Waals surface area contributed by atoms with E-state index in [0.717, 1.165) is 12.1 Å². The van der Waals surface area contributed by atoms with Gasteiger partial charge >= 0.3 is 5.69 Å². The fourth-order valence-electron chi connectivity index (χ4n) is 3.67. The van der Waals surface area contributed by atoms with E-state index in [9.17, 15) is 18.0 Å². The summed E-state index contributed by atoms with van der Waals surface area (Å²) in [5.74, 6) is -3.53. The minimum atomic E-state index is -1.55. The Morgan fingerprint density at radius 2 is 2.00 bits per heavy atom. The van der Waals surface area contributed by atoms with E-state index in [1.54, 1.807) is 0 Å². The first-order valence-electron chi connectivity index (χ1n) is 8.64. The van der Waals surface area contributed by atoms with Crippen molar-refractivity contribution >= 4 is 5.82 Å². The number of aromatic nitrogens is 2. The average molecular weight is 397 g/mol. The summed E-state index contributed by atoms with van der Waals surface area (Å²) in [5.41, 5.74) is -0.892. The SMILES string of the molecule is COc1c(OCc2cc(F)c(F)c(F)c2)nc(=O)n2c1N1CCOC[C@@]1(C)C2. The van der Waals surface area contributed by atoms with Gasteiger partial charge in [0.25, 0.3) is 5.88 Å². The number of halogens is 3. The molecule has 0 amide bonds. The molecular weight excluding hydrogens is 379 g/mol. The van der Waals surface area contributed by atoms with E-state index in [1.807, 2.05) is 11.8 Å². The van der Waals surface area contributed by atoms with Crippen molar-refractivity contribution in [3.8, 4) is 11.6 Å². The Bertz CT molecular complexity index is 974. The minimum Gasteiger partial charge on any atom is -0.489 e. The standard InChI is InChI=1S/C18H18F3N3O4/c1-18-8-23-16(24(18)3-4-27-9-18)14(26-2)15(22-17(23)25)28-7-10-5-11(19)13(21)12(20)6-10/h5-6H,3-4,7-9H2,1-2H3/t18-/m1/s1. The zero-order chi connectivity index (χ0) is 20.1. The molecule has 0 saturated carbocycles. The van der Waals surface area contributed by atoms with Crippen LogP contribution in [0.5, 0.6) is 11.6 Å². The van der Waals surface area contributed by atoms with Crippen molar-refractivity contribution in [2.24, 2.45) is 0 Å². The molecule has 1 fully saturated rings. The number of methoxy groups -OCH3 is 1. The van der Waals surface area contributed by atoms with Crippen LogP contribution >= 0.6 is 0 Å². The van der Waals surface area contributed by atoms with Gasteiger partial charge in [-0.2, -0.15) is 4.98 Å². The van der Waals surface area contributed by atoms with Crippen LogP contribution in [0.1, 0.15) is 12.5 Å². The number of rotatable bonds is 4. The van der Waals surface area contributed by atoms with Gasteiger partial charge in [0, 0.05) is 6.54 Å². The Labute approximate surface area is 158 Å². The smallest absolute Gasteiger partial charge is 0.352 e. The van der Waals surface area contributed by atoms with Gasteiger partial charge in [0.2, 0.25) is 5.75 Å². The van der Waals surface area contributed by atoms with Crippen LogP contribution in [0.4, 0.5) is 19.0 Å². The van der Waals surface area contributed by atoms with Crippen molar-refractivity contribution in [1.82, 2.24) is 9.55 Å². The van der Waals surface area contributed by atoms with Crippen molar-refractivity contribution in [2.75, 3.05) is 31.8 Å². The maximum atomic E-state index is 13.4. The number of hydrogen-bond donors (Lipinski definition) is 0. The van der Waals surface area contributed by atoms with Crippen LogP contribution in [0.25, 0.3) is 0 Å². The molecule has 1 aromatic carbocycles. The molecule has 0 unspecified atom stereocenters. The highest BCUT2D eigenvalue weighted by atomic mass is 19.2. The molecule has 1 atom stereocenters. The van der Waals surface area contributed by atoms with Crippen molar-refractivity contribution in [1.29, 1.82) is 0 Å². The molecule has 1 aromatic heterocycles. The van der Waals surface area contributed by atoms with E-state index >= 15 is 0 Å². The summed E-state index contributed by atoms with van der Waals surface area (Å²) in [6.07, 6.45) is 0. The van der Waals surface area contributed by atoms with E-state index in [4.69, 9.17) is 14.2 Å². The van der Waals surface area contributed by atoms with Gasteiger partial charge in [-0.1, -0.05) is 0 Å². The van der Waals surface area contributed by atoms with Crippen LogP contribution in [-0.2, 0) is 17.9 Å². The second-order valence-corrected chi connectivity index (χ2v) is 7.01. The molecule has 4 rings (SSSR count). The molecular formula is C18H18F3N3O4. The lowest BCUT2D eigenvalue weighted by molar-refractivity contribution is 0.0585. The molecule has 0 aliphatic carbocycles. The summed E-state index contributed by atoms with van der Waals surface area (Å²) < 4.78 is 57.9. The van der Waals surface area contributed by atoms with Crippen LogP contribution < -0.4 is 20.1 Å². The van der Waals surface area contributed by atoms with Gasteiger partial charge in [-0.25, -0.2) is 18.0 Å². The Kier molecular flexibility index (Phi) is 4.45. The van der Waals surface area contributed by atoms with E-state index in [1.165, 1.54) is 11.7 Å². The third-order valence-corrected chi connectivity index (χ3v) is 4.98. The molecule has 2 aliphatic heterocycles. The van der Waals surface area contributed by atoms with Crippen molar-refractivity contribution in [3.05, 3.63) is 45.6 Å². The van der Waals surface area contributed by atoms with E-state index in [0.29, 0.717) is 32.1 Å². The first-order chi connectivity index (χ1) is 13.3. The zero-order valence-corrected chi connectivity index (χ0v) is 15.3. The number of morpholine rings is 1. The largest absolute Gasteiger partial charge is 0.489 e. The molecule has 0 spiro atoms. The molecule has 0 bridgehead atoms. The number of nitrogens with zero attached hydrogens (tertiary/aromatic N) is 3. The molecule has 10 heteroatoms. The Morgan fingerprint density at radius 3 is 2.68 bits per heavy atom. The molecule has 2 aromatic rings. The van der Waals surface area contributed by atoms with Crippen LogP contribution in [-0.4, -0.2) is 42.0 Å². The quantitative estimate of drug-likeness (QED) is 0.734. The molecule has 2 aliphatic rings. The predicted molar refractivity (Wildman–Crippen MR) is 92.3 cm³/mol. The molecule has 7 nitrogen and oxygen atoms in total. The molecule has 28 heavy (non-hydrogen) atoms. The molecule has 1 saturated heterocycles. The van der Waals surface area contributed by atoms with Crippen LogP contribution in [0.15, 0.2) is 16.9 Å². The van der Waals surface area contributed by atoms with Crippen LogP contribution in [0.2, 0.25) is 0 Å². The highest BCUT2D eigenvalue weighted by Gasteiger charge is 2.45. The van der Waals surface area contributed by atoms with E-state index < -0.39 is 28.7 Å².